The van der Waals surface area contributed by atoms with Crippen molar-refractivity contribution in [2.24, 2.45) is 5.73 Å². The van der Waals surface area contributed by atoms with Crippen LogP contribution in [-0.2, 0) is 16.6 Å². The molecule has 0 saturated carbocycles. The molecule has 6 nitrogen and oxygen atoms in total. The molecule has 0 aliphatic carbocycles. The van der Waals surface area contributed by atoms with Crippen molar-refractivity contribution in [1.82, 2.24) is 9.71 Å². The van der Waals surface area contributed by atoms with Crippen LogP contribution in [0.4, 0.5) is 0 Å². The standard InChI is InChI=1S/C13H17N3O3S/c1-9-3-5-12(19-9)10(2)16-20(17,18)13-6-4-11(7-14)8-15-13/h3-6,8,10,16H,7,14H2,1-2H3. The summed E-state index contributed by atoms with van der Waals surface area (Å²) in [6, 6.07) is 6.14. The second kappa shape index (κ2) is 5.74. The Labute approximate surface area is 118 Å². The fourth-order valence-electron chi connectivity index (χ4n) is 1.73. The Morgan fingerprint density at radius 3 is 2.60 bits per heavy atom. The van der Waals surface area contributed by atoms with Crippen molar-refractivity contribution in [1.29, 1.82) is 0 Å². The van der Waals surface area contributed by atoms with Crippen LogP contribution < -0.4 is 10.5 Å². The van der Waals surface area contributed by atoms with Crippen molar-refractivity contribution in [3.63, 3.8) is 0 Å². The summed E-state index contributed by atoms with van der Waals surface area (Å²) in [5.74, 6) is 1.29. The molecule has 108 valence electrons. The lowest BCUT2D eigenvalue weighted by molar-refractivity contribution is 0.441. The predicted molar refractivity (Wildman–Crippen MR) is 74.3 cm³/mol. The van der Waals surface area contributed by atoms with E-state index in [1.54, 1.807) is 32.0 Å². The second-order valence-corrected chi connectivity index (χ2v) is 6.16. The van der Waals surface area contributed by atoms with Crippen molar-refractivity contribution < 1.29 is 12.8 Å². The molecular formula is C13H17N3O3S. The number of sulfonamides is 1. The van der Waals surface area contributed by atoms with Crippen LogP contribution in [0.3, 0.4) is 0 Å². The molecule has 2 aromatic heterocycles. The minimum absolute atomic E-state index is 0.0372. The van der Waals surface area contributed by atoms with Crippen LogP contribution in [0.5, 0.6) is 0 Å². The monoisotopic (exact) mass is 295 g/mol. The minimum Gasteiger partial charge on any atom is -0.465 e. The maximum atomic E-state index is 12.2. The van der Waals surface area contributed by atoms with E-state index in [1.807, 2.05) is 0 Å². The fraction of sp³-hybridized carbons (Fsp3) is 0.308. The number of furan rings is 1. The quantitative estimate of drug-likeness (QED) is 0.870. The zero-order valence-electron chi connectivity index (χ0n) is 11.3. The van der Waals surface area contributed by atoms with Crippen molar-refractivity contribution >= 4 is 10.0 Å². The topological polar surface area (TPSA) is 98.2 Å². The Kier molecular flexibility index (Phi) is 4.22. The number of aromatic nitrogens is 1. The Morgan fingerprint density at radius 2 is 2.10 bits per heavy atom. The molecule has 7 heteroatoms. The van der Waals surface area contributed by atoms with Gasteiger partial charge in [0.15, 0.2) is 5.03 Å². The smallest absolute Gasteiger partial charge is 0.258 e. The molecule has 0 aromatic carbocycles. The first-order chi connectivity index (χ1) is 9.42. The van der Waals surface area contributed by atoms with Crippen molar-refractivity contribution in [2.75, 3.05) is 0 Å². The molecule has 1 atom stereocenters. The summed E-state index contributed by atoms with van der Waals surface area (Å²) in [6.45, 7) is 3.84. The minimum atomic E-state index is -3.69. The van der Waals surface area contributed by atoms with E-state index in [4.69, 9.17) is 10.2 Å². The molecule has 0 amide bonds. The first kappa shape index (κ1) is 14.7. The predicted octanol–water partition coefficient (Wildman–Crippen LogP) is 1.48. The molecule has 0 aliphatic rings. The van der Waals surface area contributed by atoms with Crippen molar-refractivity contribution in [2.45, 2.75) is 31.5 Å². The highest BCUT2D eigenvalue weighted by molar-refractivity contribution is 7.89. The molecule has 1 unspecified atom stereocenters. The Balaban J connectivity index is 2.17. The summed E-state index contributed by atoms with van der Waals surface area (Å²) in [5.41, 5.74) is 6.23. The van der Waals surface area contributed by atoms with Crippen LogP contribution in [-0.4, -0.2) is 13.4 Å². The molecule has 0 spiro atoms. The van der Waals surface area contributed by atoms with Gasteiger partial charge in [-0.15, -0.1) is 0 Å². The molecule has 2 aromatic rings. The van der Waals surface area contributed by atoms with Gasteiger partial charge in [0, 0.05) is 12.7 Å². The molecule has 3 N–H and O–H groups in total. The van der Waals surface area contributed by atoms with E-state index in [2.05, 4.69) is 9.71 Å². The maximum absolute atomic E-state index is 12.2. The molecule has 0 aliphatic heterocycles. The average molecular weight is 295 g/mol. The van der Waals surface area contributed by atoms with E-state index in [9.17, 15) is 8.42 Å². The third-order valence-electron chi connectivity index (χ3n) is 2.83. The summed E-state index contributed by atoms with van der Waals surface area (Å²) in [5, 5.41) is -0.0372. The van der Waals surface area contributed by atoms with Crippen LogP contribution in [0.1, 0.15) is 30.0 Å². The number of hydrogen-bond acceptors (Lipinski definition) is 5. The second-order valence-electron chi connectivity index (χ2n) is 4.50. The number of nitrogens with two attached hydrogens (primary N) is 1. The van der Waals surface area contributed by atoms with Crippen molar-refractivity contribution in [3.8, 4) is 0 Å². The molecular weight excluding hydrogens is 278 g/mol. The van der Waals surface area contributed by atoms with E-state index in [0.29, 0.717) is 12.3 Å². The highest BCUT2D eigenvalue weighted by Gasteiger charge is 2.21. The third kappa shape index (κ3) is 3.24. The third-order valence-corrected chi connectivity index (χ3v) is 4.28. The summed E-state index contributed by atoms with van der Waals surface area (Å²) in [6.07, 6.45) is 1.45. The number of aryl methyl sites for hydroxylation is 1. The van der Waals surface area contributed by atoms with Crippen LogP contribution in [0.25, 0.3) is 0 Å². The highest BCUT2D eigenvalue weighted by Crippen LogP contribution is 2.18. The molecule has 2 heterocycles. The highest BCUT2D eigenvalue weighted by atomic mass is 32.2. The van der Waals surface area contributed by atoms with Gasteiger partial charge >= 0.3 is 0 Å². The zero-order valence-corrected chi connectivity index (χ0v) is 12.1. The normalized spacial score (nSPS) is 13.3. The van der Waals surface area contributed by atoms with E-state index in [0.717, 1.165) is 11.3 Å². The van der Waals surface area contributed by atoms with Crippen LogP contribution in [0.2, 0.25) is 0 Å². The van der Waals surface area contributed by atoms with E-state index in [-0.39, 0.29) is 5.03 Å². The number of hydrogen-bond donors (Lipinski definition) is 2. The molecule has 0 radical (unpaired) electrons. The summed E-state index contributed by atoms with van der Waals surface area (Å²) < 4.78 is 32.3. The van der Waals surface area contributed by atoms with Gasteiger partial charge in [0.1, 0.15) is 11.5 Å². The van der Waals surface area contributed by atoms with E-state index in [1.165, 1.54) is 12.3 Å². The Bertz CT molecular complexity index is 677. The first-order valence-corrected chi connectivity index (χ1v) is 7.64. The summed E-state index contributed by atoms with van der Waals surface area (Å²) in [7, 11) is -3.69. The average Bonchev–Trinajstić information content (AvgIpc) is 2.85. The lowest BCUT2D eigenvalue weighted by Crippen LogP contribution is -2.27. The van der Waals surface area contributed by atoms with E-state index >= 15 is 0 Å². The first-order valence-electron chi connectivity index (χ1n) is 6.16. The molecule has 20 heavy (non-hydrogen) atoms. The van der Waals surface area contributed by atoms with Crippen molar-refractivity contribution in [3.05, 3.63) is 47.5 Å². The van der Waals surface area contributed by atoms with Gasteiger partial charge in [0.2, 0.25) is 0 Å². The SMILES string of the molecule is Cc1ccc(C(C)NS(=O)(=O)c2ccc(CN)cn2)o1. The van der Waals surface area contributed by atoms with E-state index < -0.39 is 16.1 Å². The lowest BCUT2D eigenvalue weighted by Gasteiger charge is -2.11. The van der Waals surface area contributed by atoms with Gasteiger partial charge in [-0.25, -0.2) is 13.4 Å². The largest absolute Gasteiger partial charge is 0.465 e. The molecule has 0 fully saturated rings. The van der Waals surface area contributed by atoms with Gasteiger partial charge in [-0.1, -0.05) is 6.07 Å². The number of pyridine rings is 1. The molecule has 0 bridgehead atoms. The van der Waals surface area contributed by atoms with Crippen LogP contribution in [0, 0.1) is 6.92 Å². The number of rotatable bonds is 5. The van der Waals surface area contributed by atoms with Gasteiger partial charge in [-0.05, 0) is 37.6 Å². The number of nitrogens with zero attached hydrogens (tertiary/aromatic N) is 1. The zero-order chi connectivity index (χ0) is 14.8. The van der Waals surface area contributed by atoms with Gasteiger partial charge in [0.25, 0.3) is 10.0 Å². The van der Waals surface area contributed by atoms with Gasteiger partial charge in [-0.2, -0.15) is 4.72 Å². The molecule has 2 rings (SSSR count). The fourth-order valence-corrected chi connectivity index (χ4v) is 2.87. The summed E-state index contributed by atoms with van der Waals surface area (Å²) >= 11 is 0. The van der Waals surface area contributed by atoms with Gasteiger partial charge in [-0.3, -0.25) is 0 Å². The maximum Gasteiger partial charge on any atom is 0.258 e. The lowest BCUT2D eigenvalue weighted by atomic mass is 10.3. The number of nitrogens with one attached hydrogen (secondary N) is 1. The Hall–Kier alpha value is -1.70. The Morgan fingerprint density at radius 1 is 1.35 bits per heavy atom. The van der Waals surface area contributed by atoms with Crippen LogP contribution in [0.15, 0.2) is 39.9 Å². The molecule has 0 saturated heterocycles. The van der Waals surface area contributed by atoms with Crippen LogP contribution >= 0.6 is 0 Å². The summed E-state index contributed by atoms with van der Waals surface area (Å²) in [4.78, 5) is 3.91. The van der Waals surface area contributed by atoms with Gasteiger partial charge < -0.3 is 10.2 Å². The van der Waals surface area contributed by atoms with Gasteiger partial charge in [0.05, 0.1) is 6.04 Å².